The summed E-state index contributed by atoms with van der Waals surface area (Å²) in [6, 6.07) is 9.25. The van der Waals surface area contributed by atoms with Crippen molar-refractivity contribution in [3.63, 3.8) is 0 Å². The average molecular weight is 536 g/mol. The van der Waals surface area contributed by atoms with Crippen LogP contribution in [0.15, 0.2) is 55.0 Å². The highest BCUT2D eigenvalue weighted by Gasteiger charge is 2.15. The third-order valence-electron chi connectivity index (χ3n) is 7.01. The van der Waals surface area contributed by atoms with Gasteiger partial charge in [0.05, 0.1) is 10.9 Å². The normalized spacial score (nSPS) is 12.7. The molecular formula is C32H34FN7. The number of halogens is 1. The van der Waals surface area contributed by atoms with Gasteiger partial charge in [0.15, 0.2) is 11.5 Å². The SMILES string of the molecule is C=c1c(-c2nc3nccc(-c4cc(F)cc(CCCN(C)C)c4)c3[nH]2)n[nH]/c1=C/C=C(\C)c1cncc(CC)c1. The van der Waals surface area contributed by atoms with Gasteiger partial charge in [-0.3, -0.25) is 10.1 Å². The van der Waals surface area contributed by atoms with Gasteiger partial charge in [0.2, 0.25) is 0 Å². The van der Waals surface area contributed by atoms with Gasteiger partial charge >= 0.3 is 0 Å². The molecule has 0 aliphatic heterocycles. The van der Waals surface area contributed by atoms with E-state index in [1.165, 1.54) is 5.56 Å². The molecule has 1 aromatic carbocycles. The Kier molecular flexibility index (Phi) is 7.98. The molecule has 40 heavy (non-hydrogen) atoms. The molecule has 4 aromatic heterocycles. The lowest BCUT2D eigenvalue weighted by Gasteiger charge is -2.10. The van der Waals surface area contributed by atoms with Crippen molar-refractivity contribution in [3.8, 4) is 22.6 Å². The molecule has 8 heteroatoms. The van der Waals surface area contributed by atoms with Crippen LogP contribution in [0, 0.1) is 5.82 Å². The molecule has 0 saturated heterocycles. The lowest BCUT2D eigenvalue weighted by molar-refractivity contribution is 0.400. The monoisotopic (exact) mass is 535 g/mol. The summed E-state index contributed by atoms with van der Waals surface area (Å²) >= 11 is 0. The van der Waals surface area contributed by atoms with Gasteiger partial charge in [0.25, 0.3) is 0 Å². The van der Waals surface area contributed by atoms with Crippen molar-refractivity contribution < 1.29 is 4.39 Å². The second-order valence-electron chi connectivity index (χ2n) is 10.3. The van der Waals surface area contributed by atoms with Crippen LogP contribution < -0.4 is 10.6 Å². The van der Waals surface area contributed by atoms with Gasteiger partial charge in [-0.25, -0.2) is 14.4 Å². The van der Waals surface area contributed by atoms with Crippen LogP contribution in [0.1, 0.15) is 37.0 Å². The molecule has 0 saturated carbocycles. The number of hydrogen-bond acceptors (Lipinski definition) is 5. The van der Waals surface area contributed by atoms with Crippen molar-refractivity contribution in [1.82, 2.24) is 35.0 Å². The number of imidazole rings is 1. The number of pyridine rings is 2. The quantitative estimate of drug-likeness (QED) is 0.280. The fourth-order valence-corrected chi connectivity index (χ4v) is 4.73. The second kappa shape index (κ2) is 11.8. The number of nitrogens with one attached hydrogen (secondary N) is 2. The minimum Gasteiger partial charge on any atom is -0.335 e. The summed E-state index contributed by atoms with van der Waals surface area (Å²) in [5.74, 6) is 0.300. The van der Waals surface area contributed by atoms with E-state index in [4.69, 9.17) is 4.98 Å². The number of benzene rings is 1. The summed E-state index contributed by atoms with van der Waals surface area (Å²) in [5, 5.41) is 9.07. The Morgan fingerprint density at radius 2 is 1.98 bits per heavy atom. The van der Waals surface area contributed by atoms with Crippen LogP contribution in [0.25, 0.3) is 52.0 Å². The zero-order valence-electron chi connectivity index (χ0n) is 23.4. The molecule has 0 fully saturated rings. The number of fused-ring (bicyclic) bond motifs is 1. The van der Waals surface area contributed by atoms with E-state index >= 15 is 0 Å². The average Bonchev–Trinajstić information content (AvgIpc) is 3.54. The number of rotatable bonds is 9. The Balaban J connectivity index is 1.47. The molecular weight excluding hydrogens is 501 g/mol. The number of aromatic amines is 2. The molecule has 0 radical (unpaired) electrons. The van der Waals surface area contributed by atoms with Gasteiger partial charge in [-0.15, -0.1) is 0 Å². The molecule has 0 spiro atoms. The first-order valence-electron chi connectivity index (χ1n) is 13.5. The zero-order valence-corrected chi connectivity index (χ0v) is 23.4. The van der Waals surface area contributed by atoms with Crippen LogP contribution in [0.2, 0.25) is 0 Å². The number of aromatic nitrogens is 6. The highest BCUT2D eigenvalue weighted by atomic mass is 19.1. The third-order valence-corrected chi connectivity index (χ3v) is 7.01. The standard InChI is InChI=1S/C32H34FN7/c1-6-22-14-25(19-34-18-22)20(2)9-10-28-21(3)29(39-38-28)32-36-30-27(11-12-35-31(30)37-32)24-15-23(16-26(33)17-24)8-7-13-40(4)5/h9-12,14-19,38H,3,6-8,13H2,1-2,4-5H3,(H,35,36,37)/b20-9+,28-10+. The van der Waals surface area contributed by atoms with Gasteiger partial charge in [-0.2, -0.15) is 5.10 Å². The minimum atomic E-state index is -0.255. The molecule has 204 valence electrons. The van der Waals surface area contributed by atoms with Crippen molar-refractivity contribution in [2.45, 2.75) is 33.1 Å². The van der Waals surface area contributed by atoms with Gasteiger partial charge < -0.3 is 9.88 Å². The smallest absolute Gasteiger partial charge is 0.178 e. The summed E-state index contributed by atoms with van der Waals surface area (Å²) in [5.41, 5.74) is 7.84. The first-order chi connectivity index (χ1) is 19.3. The molecule has 0 unspecified atom stereocenters. The Morgan fingerprint density at radius 3 is 2.77 bits per heavy atom. The maximum absolute atomic E-state index is 14.6. The first kappa shape index (κ1) is 27.1. The maximum atomic E-state index is 14.6. The second-order valence-corrected chi connectivity index (χ2v) is 10.3. The predicted octanol–water partition coefficient (Wildman–Crippen LogP) is 4.90. The number of hydrogen-bond donors (Lipinski definition) is 2. The summed E-state index contributed by atoms with van der Waals surface area (Å²) < 4.78 is 14.6. The predicted molar refractivity (Wildman–Crippen MR) is 160 cm³/mol. The molecule has 2 N–H and O–H groups in total. The van der Waals surface area contributed by atoms with Crippen LogP contribution in [-0.4, -0.2) is 55.7 Å². The largest absolute Gasteiger partial charge is 0.335 e. The highest BCUT2D eigenvalue weighted by molar-refractivity contribution is 5.91. The lowest BCUT2D eigenvalue weighted by Crippen LogP contribution is -2.21. The Morgan fingerprint density at radius 1 is 1.12 bits per heavy atom. The summed E-state index contributed by atoms with van der Waals surface area (Å²) in [6.07, 6.45) is 12.1. The first-order valence-corrected chi connectivity index (χ1v) is 13.5. The Bertz CT molecular complexity index is 1800. The van der Waals surface area contributed by atoms with E-state index in [2.05, 4.69) is 56.5 Å². The Labute approximate surface area is 233 Å². The molecule has 0 aliphatic carbocycles. The van der Waals surface area contributed by atoms with Crippen LogP contribution in [0.3, 0.4) is 0 Å². The van der Waals surface area contributed by atoms with Crippen molar-refractivity contribution in [2.75, 3.05) is 20.6 Å². The fraction of sp³-hybridized carbons (Fsp3) is 0.250. The van der Waals surface area contributed by atoms with Crippen LogP contribution in [0.4, 0.5) is 4.39 Å². The summed E-state index contributed by atoms with van der Waals surface area (Å²) in [6.45, 7) is 9.37. The lowest BCUT2D eigenvalue weighted by atomic mass is 10.0. The molecule has 7 nitrogen and oxygen atoms in total. The van der Waals surface area contributed by atoms with Gasteiger partial charge in [-0.05, 0) is 105 Å². The number of H-pyrrole nitrogens is 2. The van der Waals surface area contributed by atoms with E-state index in [9.17, 15) is 4.39 Å². The molecule has 0 amide bonds. The van der Waals surface area contributed by atoms with E-state index in [0.29, 0.717) is 17.2 Å². The van der Waals surface area contributed by atoms with Crippen LogP contribution in [0.5, 0.6) is 0 Å². The molecule has 4 heterocycles. The van der Waals surface area contributed by atoms with Crippen LogP contribution in [-0.2, 0) is 12.8 Å². The molecule has 0 bridgehead atoms. The third kappa shape index (κ3) is 5.92. The van der Waals surface area contributed by atoms with Gasteiger partial charge in [-0.1, -0.05) is 25.6 Å². The van der Waals surface area contributed by atoms with Crippen molar-refractivity contribution in [1.29, 1.82) is 0 Å². The van der Waals surface area contributed by atoms with E-state index in [-0.39, 0.29) is 5.82 Å². The summed E-state index contributed by atoms with van der Waals surface area (Å²) in [7, 11) is 4.08. The van der Waals surface area contributed by atoms with Gasteiger partial charge in [0, 0.05) is 29.4 Å². The van der Waals surface area contributed by atoms with E-state index in [1.54, 1.807) is 18.3 Å². The Hall–Kier alpha value is -4.43. The maximum Gasteiger partial charge on any atom is 0.178 e. The van der Waals surface area contributed by atoms with Crippen molar-refractivity contribution in [3.05, 3.63) is 88.1 Å². The topological polar surface area (TPSA) is 86.4 Å². The van der Waals surface area contributed by atoms with E-state index in [0.717, 1.165) is 69.7 Å². The molecule has 5 rings (SSSR count). The zero-order chi connectivity index (χ0) is 28.2. The highest BCUT2D eigenvalue weighted by Crippen LogP contribution is 2.29. The number of aryl methyl sites for hydroxylation is 2. The van der Waals surface area contributed by atoms with Crippen molar-refractivity contribution >= 4 is 29.4 Å². The molecule has 0 atom stereocenters. The van der Waals surface area contributed by atoms with E-state index < -0.39 is 0 Å². The minimum absolute atomic E-state index is 0.255. The van der Waals surface area contributed by atoms with Crippen molar-refractivity contribution in [2.24, 2.45) is 0 Å². The van der Waals surface area contributed by atoms with Gasteiger partial charge in [0.1, 0.15) is 11.5 Å². The van der Waals surface area contributed by atoms with Crippen LogP contribution >= 0.6 is 0 Å². The molecule has 5 aromatic rings. The number of nitrogens with zero attached hydrogens (tertiary/aromatic N) is 5. The fourth-order valence-electron chi connectivity index (χ4n) is 4.73. The van der Waals surface area contributed by atoms with E-state index in [1.807, 2.05) is 50.8 Å². The summed E-state index contributed by atoms with van der Waals surface area (Å²) in [4.78, 5) is 19.0. The number of allylic oxidation sites excluding steroid dienone is 2. The molecule has 0 aliphatic rings.